The molecule has 0 aliphatic carbocycles. The molecule has 0 unspecified atom stereocenters. The average Bonchev–Trinajstić information content (AvgIpc) is 2.39. The molecule has 2 heterocycles. The molecule has 0 saturated heterocycles. The van der Waals surface area contributed by atoms with E-state index in [9.17, 15) is 0 Å². The molecule has 3 rings (SSSR count). The number of nitrogens with zero attached hydrogens (tertiary/aromatic N) is 4. The summed E-state index contributed by atoms with van der Waals surface area (Å²) in [7, 11) is 0. The van der Waals surface area contributed by atoms with E-state index < -0.39 is 0 Å². The molecule has 0 bridgehead atoms. The molecule has 3 aromatic rings. The largest absolute Gasteiger partial charge is 0.283 e. The molecule has 0 amide bonds. The maximum atomic E-state index is 4.25. The van der Waals surface area contributed by atoms with Crippen molar-refractivity contribution in [1.82, 2.24) is 19.9 Å². The fourth-order valence-corrected chi connectivity index (χ4v) is 1.53. The minimum Gasteiger partial charge on any atom is -0.283 e. The van der Waals surface area contributed by atoms with Gasteiger partial charge in [0.25, 0.3) is 0 Å². The molecule has 0 N–H and O–H groups in total. The van der Waals surface area contributed by atoms with E-state index in [2.05, 4.69) is 26.0 Å². The van der Waals surface area contributed by atoms with Gasteiger partial charge in [0.15, 0.2) is 5.65 Å². The molecule has 17 heavy (non-hydrogen) atoms. The van der Waals surface area contributed by atoms with E-state index in [1.165, 1.54) is 6.33 Å². The standard InChI is InChI=1S/C12H7N4.Ir/c1-2-4-9(5-3-1)10-11-12(16-8-15-10)14-7-6-13-11;/h1-4,6-8H;/q-1;. The minimum absolute atomic E-state index is 0. The topological polar surface area (TPSA) is 51.6 Å². The van der Waals surface area contributed by atoms with E-state index in [1.807, 2.05) is 24.3 Å². The van der Waals surface area contributed by atoms with Crippen molar-refractivity contribution in [2.45, 2.75) is 0 Å². The van der Waals surface area contributed by atoms with Crippen molar-refractivity contribution >= 4 is 11.2 Å². The zero-order valence-corrected chi connectivity index (χ0v) is 11.1. The van der Waals surface area contributed by atoms with Gasteiger partial charge in [-0.05, 0) is 0 Å². The predicted octanol–water partition coefficient (Wildman–Crippen LogP) is 1.88. The van der Waals surface area contributed by atoms with Crippen LogP contribution in [-0.4, -0.2) is 19.9 Å². The summed E-state index contributed by atoms with van der Waals surface area (Å²) in [5, 5.41) is 0. The van der Waals surface area contributed by atoms with E-state index in [-0.39, 0.29) is 20.1 Å². The molecule has 0 spiro atoms. The number of fused-ring (bicyclic) bond motifs is 1. The summed E-state index contributed by atoms with van der Waals surface area (Å²) in [5.74, 6) is 0. The van der Waals surface area contributed by atoms with Gasteiger partial charge in [0.1, 0.15) is 6.33 Å². The van der Waals surface area contributed by atoms with Crippen LogP contribution in [0.25, 0.3) is 22.4 Å². The number of benzene rings is 1. The molecule has 85 valence electrons. The monoisotopic (exact) mass is 400 g/mol. The van der Waals surface area contributed by atoms with Gasteiger partial charge in [-0.25, -0.2) is 9.97 Å². The Morgan fingerprint density at radius 3 is 2.65 bits per heavy atom. The first kappa shape index (κ1) is 11.8. The number of aromatic nitrogens is 4. The molecule has 1 aromatic carbocycles. The Hall–Kier alpha value is -1.71. The van der Waals surface area contributed by atoms with Crippen LogP contribution in [0.3, 0.4) is 0 Å². The second-order valence-electron chi connectivity index (χ2n) is 3.23. The van der Waals surface area contributed by atoms with Crippen LogP contribution in [0.15, 0.2) is 43.0 Å². The van der Waals surface area contributed by atoms with Crippen molar-refractivity contribution in [3.05, 3.63) is 49.1 Å². The van der Waals surface area contributed by atoms with Crippen LogP contribution in [0.5, 0.6) is 0 Å². The Bertz CT molecular complexity index is 622. The Morgan fingerprint density at radius 2 is 1.82 bits per heavy atom. The Balaban J connectivity index is 0.00000108. The van der Waals surface area contributed by atoms with E-state index >= 15 is 0 Å². The van der Waals surface area contributed by atoms with E-state index in [4.69, 9.17) is 0 Å². The van der Waals surface area contributed by atoms with Crippen LogP contribution >= 0.6 is 0 Å². The van der Waals surface area contributed by atoms with Crippen LogP contribution in [0.4, 0.5) is 0 Å². The van der Waals surface area contributed by atoms with Gasteiger partial charge in [-0.2, -0.15) is 0 Å². The second kappa shape index (κ2) is 5.08. The Kier molecular flexibility index (Phi) is 3.52. The van der Waals surface area contributed by atoms with Gasteiger partial charge in [0.05, 0.1) is 5.52 Å². The number of rotatable bonds is 1. The molecule has 0 fully saturated rings. The second-order valence-corrected chi connectivity index (χ2v) is 3.23. The summed E-state index contributed by atoms with van der Waals surface area (Å²) in [4.78, 5) is 16.7. The first-order chi connectivity index (χ1) is 7.95. The van der Waals surface area contributed by atoms with Crippen LogP contribution in [-0.2, 0) is 20.1 Å². The first-order valence-electron chi connectivity index (χ1n) is 4.84. The molecule has 4 nitrogen and oxygen atoms in total. The summed E-state index contributed by atoms with van der Waals surface area (Å²) < 4.78 is 0. The molecule has 0 saturated carbocycles. The summed E-state index contributed by atoms with van der Waals surface area (Å²) in [6, 6.07) is 10.8. The quantitative estimate of drug-likeness (QED) is 0.587. The molecular weight excluding hydrogens is 392 g/mol. The summed E-state index contributed by atoms with van der Waals surface area (Å²) in [5.41, 5.74) is 2.96. The van der Waals surface area contributed by atoms with Crippen LogP contribution in [0.1, 0.15) is 0 Å². The van der Waals surface area contributed by atoms with Gasteiger partial charge in [-0.1, -0.05) is 0 Å². The molecule has 2 aromatic heterocycles. The van der Waals surface area contributed by atoms with Crippen LogP contribution < -0.4 is 0 Å². The van der Waals surface area contributed by atoms with E-state index in [1.54, 1.807) is 12.4 Å². The summed E-state index contributed by atoms with van der Waals surface area (Å²) in [6.45, 7) is 0. The van der Waals surface area contributed by atoms with Gasteiger partial charge in [0.2, 0.25) is 0 Å². The summed E-state index contributed by atoms with van der Waals surface area (Å²) in [6.07, 6.45) is 4.75. The maximum Gasteiger partial charge on any atom is 0.172 e. The van der Waals surface area contributed by atoms with Crippen molar-refractivity contribution in [2.75, 3.05) is 0 Å². The molecule has 1 radical (unpaired) electrons. The van der Waals surface area contributed by atoms with Crippen molar-refractivity contribution in [3.63, 3.8) is 0 Å². The zero-order valence-electron chi connectivity index (χ0n) is 8.66. The van der Waals surface area contributed by atoms with Gasteiger partial charge in [-0.3, -0.25) is 9.97 Å². The third-order valence-corrected chi connectivity index (χ3v) is 2.23. The molecular formula is C12H7IrN4-. The van der Waals surface area contributed by atoms with Crippen molar-refractivity contribution < 1.29 is 20.1 Å². The Labute approximate surface area is 112 Å². The molecule has 0 aliphatic heterocycles. The van der Waals surface area contributed by atoms with Gasteiger partial charge in [-0.15, -0.1) is 35.9 Å². The molecule has 0 aliphatic rings. The van der Waals surface area contributed by atoms with Crippen LogP contribution in [0.2, 0.25) is 0 Å². The number of hydrogen-bond acceptors (Lipinski definition) is 4. The smallest absolute Gasteiger partial charge is 0.172 e. The molecule has 5 heteroatoms. The zero-order chi connectivity index (χ0) is 10.8. The van der Waals surface area contributed by atoms with E-state index in [0.29, 0.717) is 11.2 Å². The molecule has 0 atom stereocenters. The third kappa shape index (κ3) is 2.20. The van der Waals surface area contributed by atoms with Crippen LogP contribution in [0, 0.1) is 6.07 Å². The fourth-order valence-electron chi connectivity index (χ4n) is 1.53. The normalized spacial score (nSPS) is 9.88. The van der Waals surface area contributed by atoms with E-state index in [0.717, 1.165) is 11.3 Å². The first-order valence-corrected chi connectivity index (χ1v) is 4.84. The fraction of sp³-hybridized carbons (Fsp3) is 0. The van der Waals surface area contributed by atoms with Crippen molar-refractivity contribution in [2.24, 2.45) is 0 Å². The average molecular weight is 399 g/mol. The van der Waals surface area contributed by atoms with Gasteiger partial charge < -0.3 is 0 Å². The minimum atomic E-state index is 0. The summed E-state index contributed by atoms with van der Waals surface area (Å²) >= 11 is 0. The van der Waals surface area contributed by atoms with Crippen molar-refractivity contribution in [3.8, 4) is 11.3 Å². The van der Waals surface area contributed by atoms with Crippen molar-refractivity contribution in [1.29, 1.82) is 0 Å². The van der Waals surface area contributed by atoms with Gasteiger partial charge >= 0.3 is 0 Å². The SMILES string of the molecule is [Ir].[c-]1ccccc1-c1ncnc2nccnc12. The predicted molar refractivity (Wildman–Crippen MR) is 59.4 cm³/mol. The maximum absolute atomic E-state index is 4.25. The van der Waals surface area contributed by atoms with Gasteiger partial charge in [0, 0.05) is 38.2 Å². The third-order valence-electron chi connectivity index (χ3n) is 2.23. The number of hydrogen-bond donors (Lipinski definition) is 0. The Morgan fingerprint density at radius 1 is 0.941 bits per heavy atom.